The van der Waals surface area contributed by atoms with Gasteiger partial charge in [0.25, 0.3) is 0 Å². The summed E-state index contributed by atoms with van der Waals surface area (Å²) in [5.41, 5.74) is 0.617. The highest BCUT2D eigenvalue weighted by atomic mass is 19.1. The van der Waals surface area contributed by atoms with Gasteiger partial charge in [0.2, 0.25) is 0 Å². The van der Waals surface area contributed by atoms with Crippen LogP contribution in [0, 0.1) is 5.82 Å². The molecule has 1 atom stereocenters. The molecule has 0 aliphatic carbocycles. The molecule has 0 aromatic carbocycles. The number of amides is 1. The van der Waals surface area contributed by atoms with Gasteiger partial charge in [-0.1, -0.05) is 0 Å². The Morgan fingerprint density at radius 3 is 3.08 bits per heavy atom. The Balaban J connectivity index is 2.21. The van der Waals surface area contributed by atoms with Crippen molar-refractivity contribution in [2.24, 2.45) is 0 Å². The number of halogens is 1. The van der Waals surface area contributed by atoms with Crippen LogP contribution >= 0.6 is 0 Å². The lowest BCUT2D eigenvalue weighted by Crippen LogP contribution is -2.18. The third kappa shape index (κ3) is 1.58. The maximum absolute atomic E-state index is 12.7. The minimum Gasteiger partial charge on any atom is -0.447 e. The first-order valence-corrected chi connectivity index (χ1v) is 3.79. The molecule has 5 heteroatoms. The van der Waals surface area contributed by atoms with Crippen molar-refractivity contribution in [3.8, 4) is 0 Å². The van der Waals surface area contributed by atoms with Crippen LogP contribution in [0.15, 0.2) is 18.5 Å². The topological polar surface area (TPSA) is 51.2 Å². The van der Waals surface area contributed by atoms with Crippen LogP contribution in [-0.2, 0) is 4.74 Å². The van der Waals surface area contributed by atoms with Crippen molar-refractivity contribution >= 4 is 6.09 Å². The lowest BCUT2D eigenvalue weighted by Gasteiger charge is -2.05. The number of carbonyl (C=O) groups is 1. The van der Waals surface area contributed by atoms with E-state index in [9.17, 15) is 9.18 Å². The molecule has 1 fully saturated rings. The number of hydrogen-bond acceptors (Lipinski definition) is 3. The van der Waals surface area contributed by atoms with Gasteiger partial charge < -0.3 is 10.1 Å². The van der Waals surface area contributed by atoms with Crippen molar-refractivity contribution < 1.29 is 13.9 Å². The predicted octanol–water partition coefficient (Wildman–Crippen LogP) is 1.00. The fraction of sp³-hybridized carbons (Fsp3) is 0.250. The first kappa shape index (κ1) is 7.97. The molecule has 4 nitrogen and oxygen atoms in total. The molecule has 1 aromatic rings. The van der Waals surface area contributed by atoms with Crippen molar-refractivity contribution in [3.63, 3.8) is 0 Å². The SMILES string of the molecule is O=C1NC(c2cncc(F)c2)CO1. The zero-order valence-corrected chi connectivity index (χ0v) is 6.66. The molecule has 68 valence electrons. The fourth-order valence-corrected chi connectivity index (χ4v) is 1.18. The minimum absolute atomic E-state index is 0.226. The highest BCUT2D eigenvalue weighted by Crippen LogP contribution is 2.17. The second kappa shape index (κ2) is 3.01. The third-order valence-corrected chi connectivity index (χ3v) is 1.80. The van der Waals surface area contributed by atoms with Crippen LogP contribution in [-0.4, -0.2) is 17.7 Å². The molecular weight excluding hydrogens is 175 g/mol. The van der Waals surface area contributed by atoms with Gasteiger partial charge in [-0.05, 0) is 11.6 Å². The van der Waals surface area contributed by atoms with Crippen molar-refractivity contribution in [2.45, 2.75) is 6.04 Å². The maximum atomic E-state index is 12.7. The zero-order valence-electron chi connectivity index (χ0n) is 6.66. The number of nitrogens with zero attached hydrogens (tertiary/aromatic N) is 1. The number of pyridine rings is 1. The number of ether oxygens (including phenoxy) is 1. The Hall–Kier alpha value is -1.65. The Morgan fingerprint density at radius 1 is 1.62 bits per heavy atom. The molecule has 1 unspecified atom stereocenters. The highest BCUT2D eigenvalue weighted by molar-refractivity contribution is 5.70. The Kier molecular flexibility index (Phi) is 1.84. The molecule has 1 saturated heterocycles. The summed E-state index contributed by atoms with van der Waals surface area (Å²) in [7, 11) is 0. The number of hydrogen-bond donors (Lipinski definition) is 1. The molecule has 0 saturated carbocycles. The molecule has 1 amide bonds. The molecule has 2 heterocycles. The molecule has 2 rings (SSSR count). The van der Waals surface area contributed by atoms with Gasteiger partial charge >= 0.3 is 6.09 Å². The second-order valence-electron chi connectivity index (χ2n) is 2.73. The van der Waals surface area contributed by atoms with Gasteiger partial charge in [-0.2, -0.15) is 0 Å². The Labute approximate surface area is 73.7 Å². The molecule has 1 aliphatic heterocycles. The predicted molar refractivity (Wildman–Crippen MR) is 41.4 cm³/mol. The van der Waals surface area contributed by atoms with E-state index in [1.807, 2.05) is 0 Å². The van der Waals surface area contributed by atoms with Crippen molar-refractivity contribution in [1.82, 2.24) is 10.3 Å². The van der Waals surface area contributed by atoms with Gasteiger partial charge in [0.05, 0.1) is 12.2 Å². The summed E-state index contributed by atoms with van der Waals surface area (Å²) < 4.78 is 17.4. The number of aromatic nitrogens is 1. The Bertz CT molecular complexity index is 343. The van der Waals surface area contributed by atoms with E-state index < -0.39 is 11.9 Å². The summed E-state index contributed by atoms with van der Waals surface area (Å²) in [6, 6.07) is 1.04. The maximum Gasteiger partial charge on any atom is 0.407 e. The number of carbonyl (C=O) groups excluding carboxylic acids is 1. The van der Waals surface area contributed by atoms with Gasteiger partial charge in [-0.15, -0.1) is 0 Å². The fourth-order valence-electron chi connectivity index (χ4n) is 1.18. The van der Waals surface area contributed by atoms with Crippen LogP contribution in [0.5, 0.6) is 0 Å². The van der Waals surface area contributed by atoms with Crippen LogP contribution in [0.3, 0.4) is 0 Å². The summed E-state index contributed by atoms with van der Waals surface area (Å²) in [5.74, 6) is -0.418. The molecule has 13 heavy (non-hydrogen) atoms. The standard InChI is InChI=1S/C8H7FN2O2/c9-6-1-5(2-10-3-6)7-4-13-8(12)11-7/h1-3,7H,4H2,(H,11,12). The number of alkyl carbamates (subject to hydrolysis) is 1. The van der Waals surface area contributed by atoms with Crippen LogP contribution < -0.4 is 5.32 Å². The molecule has 1 N–H and O–H groups in total. The van der Waals surface area contributed by atoms with Crippen LogP contribution in [0.4, 0.5) is 9.18 Å². The smallest absolute Gasteiger partial charge is 0.407 e. The average Bonchev–Trinajstić information content (AvgIpc) is 2.52. The highest BCUT2D eigenvalue weighted by Gasteiger charge is 2.23. The number of rotatable bonds is 1. The summed E-state index contributed by atoms with van der Waals surface area (Å²) in [6.45, 7) is 0.226. The lowest BCUT2D eigenvalue weighted by atomic mass is 10.1. The van der Waals surface area contributed by atoms with E-state index in [0.717, 1.165) is 6.20 Å². The molecular formula is C8H7FN2O2. The van der Waals surface area contributed by atoms with Gasteiger partial charge in [0.15, 0.2) is 0 Å². The molecule has 1 aliphatic rings. The minimum atomic E-state index is -0.478. The normalized spacial score (nSPS) is 21.0. The van der Waals surface area contributed by atoms with E-state index >= 15 is 0 Å². The summed E-state index contributed by atoms with van der Waals surface area (Å²) >= 11 is 0. The largest absolute Gasteiger partial charge is 0.447 e. The van der Waals surface area contributed by atoms with Crippen molar-refractivity contribution in [2.75, 3.05) is 6.61 Å². The monoisotopic (exact) mass is 182 g/mol. The first-order valence-electron chi connectivity index (χ1n) is 3.79. The zero-order chi connectivity index (χ0) is 9.26. The second-order valence-corrected chi connectivity index (χ2v) is 2.73. The van der Waals surface area contributed by atoms with E-state index in [2.05, 4.69) is 15.0 Å². The van der Waals surface area contributed by atoms with Crippen molar-refractivity contribution in [3.05, 3.63) is 29.8 Å². The number of cyclic esters (lactones) is 1. The Morgan fingerprint density at radius 2 is 2.46 bits per heavy atom. The van der Waals surface area contributed by atoms with Crippen molar-refractivity contribution in [1.29, 1.82) is 0 Å². The summed E-state index contributed by atoms with van der Waals surface area (Å²) in [6.07, 6.45) is 2.14. The van der Waals surface area contributed by atoms with Gasteiger partial charge in [0.1, 0.15) is 12.4 Å². The van der Waals surface area contributed by atoms with E-state index in [0.29, 0.717) is 5.56 Å². The lowest BCUT2D eigenvalue weighted by molar-refractivity contribution is 0.177. The van der Waals surface area contributed by atoms with Crippen LogP contribution in [0.1, 0.15) is 11.6 Å². The summed E-state index contributed by atoms with van der Waals surface area (Å²) in [4.78, 5) is 14.3. The van der Waals surface area contributed by atoms with E-state index in [1.165, 1.54) is 12.3 Å². The quantitative estimate of drug-likeness (QED) is 0.704. The third-order valence-electron chi connectivity index (χ3n) is 1.80. The molecule has 0 radical (unpaired) electrons. The molecule has 1 aromatic heterocycles. The molecule has 0 spiro atoms. The van der Waals surface area contributed by atoms with Gasteiger partial charge in [0, 0.05) is 6.20 Å². The van der Waals surface area contributed by atoms with Crippen LogP contribution in [0.2, 0.25) is 0 Å². The van der Waals surface area contributed by atoms with E-state index in [-0.39, 0.29) is 12.6 Å². The molecule has 0 bridgehead atoms. The van der Waals surface area contributed by atoms with E-state index in [1.54, 1.807) is 0 Å². The number of nitrogens with one attached hydrogen (secondary N) is 1. The average molecular weight is 182 g/mol. The summed E-state index contributed by atoms with van der Waals surface area (Å²) in [5, 5.41) is 2.53. The van der Waals surface area contributed by atoms with E-state index in [4.69, 9.17) is 0 Å². The first-order chi connectivity index (χ1) is 6.25. The van der Waals surface area contributed by atoms with Gasteiger partial charge in [-0.3, -0.25) is 4.98 Å². The van der Waals surface area contributed by atoms with Crippen LogP contribution in [0.25, 0.3) is 0 Å². The van der Waals surface area contributed by atoms with Gasteiger partial charge in [-0.25, -0.2) is 9.18 Å².